The van der Waals surface area contributed by atoms with E-state index in [4.69, 9.17) is 29.0 Å². The second-order valence-electron chi connectivity index (χ2n) is 17.5. The summed E-state index contributed by atoms with van der Waals surface area (Å²) in [6.07, 6.45) is 38.4. The molecule has 7 N–H and O–H groups in total. The van der Waals surface area contributed by atoms with E-state index in [9.17, 15) is 48.6 Å². The minimum atomic E-state index is -5.49. The lowest BCUT2D eigenvalue weighted by atomic mass is 10.1. The zero-order chi connectivity index (χ0) is 53.6. The number of rotatable bonds is 41. The highest BCUT2D eigenvalue weighted by molar-refractivity contribution is 7.61. The summed E-state index contributed by atoms with van der Waals surface area (Å²) in [6.45, 7) is 1.79. The van der Waals surface area contributed by atoms with Gasteiger partial charge in [0.05, 0.1) is 19.3 Å². The summed E-state index contributed by atoms with van der Waals surface area (Å²) in [5.74, 6) is -1.61. The first-order valence-electron chi connectivity index (χ1n) is 25.7. The van der Waals surface area contributed by atoms with Crippen LogP contribution in [0.4, 0.5) is 5.82 Å². The maximum atomic E-state index is 12.9. The number of nitrogen functional groups attached to an aromatic ring is 1. The quantitative estimate of drug-likeness (QED) is 0.0117. The first-order chi connectivity index (χ1) is 35.1. The van der Waals surface area contributed by atoms with Crippen molar-refractivity contribution in [2.75, 3.05) is 25.6 Å². The molecular weight excluding hydrogens is 985 g/mol. The molecule has 0 aliphatic carbocycles. The highest BCUT2D eigenvalue weighted by atomic mass is 31.3. The second kappa shape index (κ2) is 39.3. The molecule has 1 aliphatic rings. The van der Waals surface area contributed by atoms with Crippen LogP contribution in [0, 0.1) is 0 Å². The zero-order valence-corrected chi connectivity index (χ0v) is 44.6. The summed E-state index contributed by atoms with van der Waals surface area (Å²) < 4.78 is 56.5. The molecule has 19 nitrogen and oxygen atoms in total. The number of aliphatic hydroxyl groups is 3. The van der Waals surface area contributed by atoms with Crippen molar-refractivity contribution in [2.45, 2.75) is 185 Å². The average Bonchev–Trinajstić information content (AvgIpc) is 3.63. The number of hydrogen-bond donors (Lipinski definition) is 6. The summed E-state index contributed by atoms with van der Waals surface area (Å²) in [5.41, 5.74) is 4.57. The number of aliphatic hydroxyl groups excluding tert-OH is 3. The molecule has 1 aromatic rings. The van der Waals surface area contributed by atoms with E-state index in [1.165, 1.54) is 50.7 Å². The predicted molar refractivity (Wildman–Crippen MR) is 281 cm³/mol. The Bertz CT molecular complexity index is 2070. The summed E-state index contributed by atoms with van der Waals surface area (Å²) in [6, 6.07) is 1.23. The number of unbranched alkanes of at least 4 members (excludes halogenated alkanes) is 11. The Kier molecular flexibility index (Phi) is 35.0. The summed E-state index contributed by atoms with van der Waals surface area (Å²) in [5, 5.41) is 31.4. The van der Waals surface area contributed by atoms with Crippen LogP contribution in [-0.4, -0.2) is 96.9 Å². The van der Waals surface area contributed by atoms with Crippen LogP contribution in [0.3, 0.4) is 0 Å². The second-order valence-corrected chi connectivity index (χ2v) is 20.5. The Hall–Kier alpha value is -4.10. The number of phosphoric ester groups is 2. The molecule has 0 amide bonds. The molecule has 1 fully saturated rings. The highest BCUT2D eigenvalue weighted by Gasteiger charge is 2.46. The molecule has 1 aromatic heterocycles. The van der Waals surface area contributed by atoms with Crippen molar-refractivity contribution >= 4 is 33.4 Å². The number of anilines is 1. The first-order valence-corrected chi connectivity index (χ1v) is 28.7. The fourth-order valence-corrected chi connectivity index (χ4v) is 9.17. The smallest absolute Gasteiger partial charge is 0.462 e. The molecule has 0 spiro atoms. The van der Waals surface area contributed by atoms with Gasteiger partial charge < -0.3 is 45.1 Å². The average molecular weight is 1070 g/mol. The van der Waals surface area contributed by atoms with Crippen molar-refractivity contribution < 1.29 is 71.4 Å². The largest absolute Gasteiger partial charge is 0.481 e. The van der Waals surface area contributed by atoms with E-state index in [1.807, 2.05) is 12.2 Å². The van der Waals surface area contributed by atoms with Crippen LogP contribution < -0.4 is 11.4 Å². The Morgan fingerprint density at radius 2 is 1.32 bits per heavy atom. The number of ether oxygens (including phenoxy) is 3. The van der Waals surface area contributed by atoms with E-state index in [0.29, 0.717) is 12.8 Å². The van der Waals surface area contributed by atoms with E-state index >= 15 is 0 Å². The van der Waals surface area contributed by atoms with Crippen LogP contribution >= 0.6 is 15.6 Å². The van der Waals surface area contributed by atoms with Crippen molar-refractivity contribution in [1.29, 1.82) is 0 Å². The van der Waals surface area contributed by atoms with Gasteiger partial charge in [-0.3, -0.25) is 23.2 Å². The third kappa shape index (κ3) is 32.1. The van der Waals surface area contributed by atoms with Crippen LogP contribution in [-0.2, 0) is 46.3 Å². The molecule has 1 aliphatic heterocycles. The van der Waals surface area contributed by atoms with Gasteiger partial charge in [0, 0.05) is 19.0 Å². The maximum Gasteiger partial charge on any atom is 0.481 e. The van der Waals surface area contributed by atoms with E-state index < -0.39 is 89.8 Å². The Labute approximate surface area is 431 Å². The first kappa shape index (κ1) is 65.0. The fraction of sp³-hybridized carbons (Fsp3) is 0.615. The summed E-state index contributed by atoms with van der Waals surface area (Å²) in [7, 11) is -11.0. The Morgan fingerprint density at radius 3 is 1.93 bits per heavy atom. The van der Waals surface area contributed by atoms with Crippen molar-refractivity contribution in [3.8, 4) is 0 Å². The Balaban J connectivity index is 1.87. The van der Waals surface area contributed by atoms with Crippen molar-refractivity contribution in [3.05, 3.63) is 108 Å². The number of phosphoric acid groups is 2. The van der Waals surface area contributed by atoms with Crippen LogP contribution in [0.1, 0.15) is 155 Å². The van der Waals surface area contributed by atoms with Gasteiger partial charge in [-0.05, 0) is 76.7 Å². The number of esters is 2. The number of hydrogen-bond acceptors (Lipinski definition) is 16. The lowest BCUT2D eigenvalue weighted by Gasteiger charge is -2.21. The molecule has 1 saturated heterocycles. The van der Waals surface area contributed by atoms with Gasteiger partial charge in [0.2, 0.25) is 0 Å². The van der Waals surface area contributed by atoms with Gasteiger partial charge in [0.15, 0.2) is 12.3 Å². The van der Waals surface area contributed by atoms with Crippen LogP contribution in [0.2, 0.25) is 0 Å². The number of allylic oxidation sites excluding steroid dienone is 13. The van der Waals surface area contributed by atoms with E-state index in [2.05, 4.69) is 77.8 Å². The molecule has 412 valence electrons. The van der Waals surface area contributed by atoms with Crippen molar-refractivity contribution in [1.82, 2.24) is 9.55 Å². The molecule has 0 saturated carbocycles. The van der Waals surface area contributed by atoms with Gasteiger partial charge in [0.1, 0.15) is 30.7 Å². The normalized spacial score (nSPS) is 20.1. The van der Waals surface area contributed by atoms with Crippen LogP contribution in [0.25, 0.3) is 0 Å². The van der Waals surface area contributed by atoms with E-state index in [-0.39, 0.29) is 25.1 Å². The third-order valence-corrected chi connectivity index (χ3v) is 13.7. The predicted octanol–water partition coefficient (Wildman–Crippen LogP) is 9.64. The lowest BCUT2D eigenvalue weighted by molar-refractivity contribution is -0.161. The van der Waals surface area contributed by atoms with Gasteiger partial charge in [-0.15, -0.1) is 0 Å². The molecule has 21 heteroatoms. The van der Waals surface area contributed by atoms with Gasteiger partial charge in [-0.2, -0.15) is 9.29 Å². The molecule has 0 radical (unpaired) electrons. The summed E-state index contributed by atoms with van der Waals surface area (Å²) >= 11 is 0. The van der Waals surface area contributed by atoms with Crippen molar-refractivity contribution in [3.63, 3.8) is 0 Å². The standard InChI is InChI=1S/C52H83N3O16P2/c1-3-5-7-9-11-13-15-17-19-21-22-24-26-28-30-32-34-43(56)36-37-48(58)69-44(40-66-47(57)35-33-31-29-27-25-23-20-18-16-14-12-10-8-6-4-2)41-67-72(62,63)71-73(64,65)68-42-45-49(59)50(60)51(70-45)55-39-38-46(53)54-52(55)61/h5,7,11,13,17-20,22,24,28,30,32,34,38-39,43-45,49-51,56,59-60H,3-4,6,8-10,12,14-16,21,23,25-27,29,31,33,35-37,40-42H2,1-2H3,(H,62,63)(H,64,65)(H2,53,54,61)/b7-5-,13-11-,19-17-,20-18-,24-22-,30-28-,34-32-/t43?,44-,45-,49-,50-,51-/m1/s1. The Morgan fingerprint density at radius 1 is 0.740 bits per heavy atom. The summed E-state index contributed by atoms with van der Waals surface area (Å²) in [4.78, 5) is 61.9. The fourth-order valence-electron chi connectivity index (χ4n) is 7.06. The molecular formula is C52H83N3O16P2. The lowest BCUT2D eigenvalue weighted by Crippen LogP contribution is -2.36. The molecule has 0 bridgehead atoms. The van der Waals surface area contributed by atoms with Gasteiger partial charge in [0.25, 0.3) is 0 Å². The molecule has 0 aromatic carbocycles. The third-order valence-electron chi connectivity index (χ3n) is 11.1. The van der Waals surface area contributed by atoms with Gasteiger partial charge in [-0.25, -0.2) is 13.9 Å². The minimum Gasteiger partial charge on any atom is -0.462 e. The number of nitrogens with two attached hydrogens (primary N) is 1. The van der Waals surface area contributed by atoms with Crippen molar-refractivity contribution in [2.24, 2.45) is 0 Å². The molecule has 2 rings (SSSR count). The molecule has 8 atom stereocenters. The van der Waals surface area contributed by atoms with E-state index in [1.54, 1.807) is 12.2 Å². The van der Waals surface area contributed by atoms with Gasteiger partial charge >= 0.3 is 33.3 Å². The number of carbonyl (C=O) groups excluding carboxylic acids is 2. The zero-order valence-electron chi connectivity index (χ0n) is 42.8. The number of aromatic nitrogens is 2. The van der Waals surface area contributed by atoms with Gasteiger partial charge in [-0.1, -0.05) is 150 Å². The monoisotopic (exact) mass is 1070 g/mol. The topological polar surface area (TPSA) is 286 Å². The SMILES string of the molecule is CC/C=C\C/C=C\C/C=C\C/C=C\C/C=C\C=C/C(O)CCC(=O)O[C@H](COC(=O)CCCCCCC/C=C\CCCCCCCC)COP(=O)(O)OP(=O)(O)OC[C@H]1O[C@@H](n2ccc(N)nc2=O)[C@H](O)[C@@H]1O. The number of carbonyl (C=O) groups is 2. The maximum absolute atomic E-state index is 12.9. The van der Waals surface area contributed by atoms with Crippen LogP contribution in [0.5, 0.6) is 0 Å². The minimum absolute atomic E-state index is 0.0552. The van der Waals surface area contributed by atoms with E-state index in [0.717, 1.165) is 75.0 Å². The van der Waals surface area contributed by atoms with Crippen LogP contribution in [0.15, 0.2) is 102 Å². The molecule has 73 heavy (non-hydrogen) atoms. The highest BCUT2D eigenvalue weighted by Crippen LogP contribution is 2.60. The molecule has 3 unspecified atom stereocenters. The molecule has 2 heterocycles. The number of nitrogens with zero attached hydrogens (tertiary/aromatic N) is 2.